The van der Waals surface area contributed by atoms with Crippen molar-refractivity contribution in [1.82, 2.24) is 23.8 Å². The third-order valence-electron chi connectivity index (χ3n) is 3.32. The Hall–Kier alpha value is -2.28. The van der Waals surface area contributed by atoms with Gasteiger partial charge >= 0.3 is 0 Å². The fraction of sp³-hybridized carbons (Fsp3) is 0.286. The lowest BCUT2D eigenvalue weighted by Gasteiger charge is -2.15. The molecule has 0 aliphatic rings. The molecule has 2 aromatic heterocycles. The number of carbonyl (C=O) groups excluding carboxylic acids is 1. The molecule has 3 rings (SSSR count). The standard InChI is InChI=1S/C14H15N5OS/c1-2-13(19-7-3-6-16-19)14(20)15-9-10-4-5-11-12(8-10)18-21-17-11/h3-8,13H,2,9H2,1H3,(H,15,20)/t13-/m0/s1. The summed E-state index contributed by atoms with van der Waals surface area (Å²) in [5, 5.41) is 7.09. The molecule has 1 N–H and O–H groups in total. The molecule has 3 aromatic rings. The van der Waals surface area contributed by atoms with Gasteiger partial charge in [0.05, 0.1) is 11.7 Å². The molecule has 0 fully saturated rings. The molecule has 0 radical (unpaired) electrons. The Morgan fingerprint density at radius 2 is 2.24 bits per heavy atom. The van der Waals surface area contributed by atoms with Gasteiger partial charge in [-0.2, -0.15) is 13.8 Å². The molecule has 0 unspecified atom stereocenters. The fourth-order valence-electron chi connectivity index (χ4n) is 2.20. The zero-order valence-corrected chi connectivity index (χ0v) is 12.4. The van der Waals surface area contributed by atoms with Crippen LogP contribution < -0.4 is 5.32 Å². The topological polar surface area (TPSA) is 72.7 Å². The zero-order valence-electron chi connectivity index (χ0n) is 11.6. The first-order chi connectivity index (χ1) is 10.3. The second-order valence-electron chi connectivity index (χ2n) is 4.72. The molecule has 0 aliphatic heterocycles. The van der Waals surface area contributed by atoms with Crippen LogP contribution in [-0.2, 0) is 11.3 Å². The zero-order chi connectivity index (χ0) is 14.7. The Labute approximate surface area is 126 Å². The smallest absolute Gasteiger partial charge is 0.245 e. The molecule has 0 aliphatic carbocycles. The largest absolute Gasteiger partial charge is 0.350 e. The molecular weight excluding hydrogens is 286 g/mol. The van der Waals surface area contributed by atoms with Gasteiger partial charge in [0.15, 0.2) is 0 Å². The molecule has 1 amide bonds. The van der Waals surface area contributed by atoms with Crippen molar-refractivity contribution in [2.24, 2.45) is 0 Å². The van der Waals surface area contributed by atoms with Gasteiger partial charge in [-0.1, -0.05) is 13.0 Å². The van der Waals surface area contributed by atoms with Crippen molar-refractivity contribution in [2.75, 3.05) is 0 Å². The number of amides is 1. The van der Waals surface area contributed by atoms with Gasteiger partial charge in [-0.15, -0.1) is 0 Å². The van der Waals surface area contributed by atoms with Gasteiger partial charge in [0.1, 0.15) is 17.1 Å². The van der Waals surface area contributed by atoms with E-state index in [0.717, 1.165) is 16.6 Å². The molecule has 0 bridgehead atoms. The van der Waals surface area contributed by atoms with Crippen LogP contribution in [0.4, 0.5) is 0 Å². The maximum atomic E-state index is 12.3. The third kappa shape index (κ3) is 2.92. The highest BCUT2D eigenvalue weighted by molar-refractivity contribution is 7.00. The SMILES string of the molecule is CC[C@@H](C(=O)NCc1ccc2nsnc2c1)n1cccn1. The summed E-state index contributed by atoms with van der Waals surface area (Å²) >= 11 is 1.19. The highest BCUT2D eigenvalue weighted by Crippen LogP contribution is 2.14. The Kier molecular flexibility index (Phi) is 3.92. The van der Waals surface area contributed by atoms with Gasteiger partial charge in [-0.05, 0) is 30.2 Å². The van der Waals surface area contributed by atoms with E-state index in [2.05, 4.69) is 19.2 Å². The number of nitrogens with zero attached hydrogens (tertiary/aromatic N) is 4. The molecule has 108 valence electrons. The highest BCUT2D eigenvalue weighted by Gasteiger charge is 2.18. The molecule has 2 heterocycles. The minimum Gasteiger partial charge on any atom is -0.350 e. The van der Waals surface area contributed by atoms with Crippen LogP contribution in [0, 0.1) is 0 Å². The predicted molar refractivity (Wildman–Crippen MR) is 80.8 cm³/mol. The molecule has 7 heteroatoms. The van der Waals surface area contributed by atoms with E-state index in [-0.39, 0.29) is 11.9 Å². The monoisotopic (exact) mass is 301 g/mol. The Balaban J connectivity index is 1.67. The minimum absolute atomic E-state index is 0.0299. The summed E-state index contributed by atoms with van der Waals surface area (Å²) in [5.74, 6) is -0.0299. The van der Waals surface area contributed by atoms with E-state index in [1.54, 1.807) is 17.1 Å². The van der Waals surface area contributed by atoms with Crippen LogP contribution in [0.15, 0.2) is 36.7 Å². The predicted octanol–water partition coefficient (Wildman–Crippen LogP) is 2.16. The number of benzene rings is 1. The summed E-state index contributed by atoms with van der Waals surface area (Å²) in [6.45, 7) is 2.45. The molecular formula is C14H15N5OS. The maximum Gasteiger partial charge on any atom is 0.245 e. The van der Waals surface area contributed by atoms with Gasteiger partial charge in [0.25, 0.3) is 0 Å². The van der Waals surface area contributed by atoms with E-state index in [4.69, 9.17) is 0 Å². The molecule has 0 saturated carbocycles. The number of hydrogen-bond donors (Lipinski definition) is 1. The van der Waals surface area contributed by atoms with E-state index in [9.17, 15) is 4.79 Å². The van der Waals surface area contributed by atoms with Gasteiger partial charge < -0.3 is 5.32 Å². The number of rotatable bonds is 5. The molecule has 6 nitrogen and oxygen atoms in total. The van der Waals surface area contributed by atoms with Crippen LogP contribution in [0.5, 0.6) is 0 Å². The van der Waals surface area contributed by atoms with E-state index < -0.39 is 0 Å². The fourth-order valence-corrected chi connectivity index (χ4v) is 2.72. The molecule has 21 heavy (non-hydrogen) atoms. The third-order valence-corrected chi connectivity index (χ3v) is 3.88. The number of fused-ring (bicyclic) bond motifs is 1. The Morgan fingerprint density at radius 1 is 1.38 bits per heavy atom. The average molecular weight is 301 g/mol. The van der Waals surface area contributed by atoms with Crippen molar-refractivity contribution in [1.29, 1.82) is 0 Å². The van der Waals surface area contributed by atoms with E-state index in [1.807, 2.05) is 31.2 Å². The van der Waals surface area contributed by atoms with Gasteiger partial charge in [0, 0.05) is 18.9 Å². The molecule has 0 spiro atoms. The lowest BCUT2D eigenvalue weighted by molar-refractivity contribution is -0.124. The van der Waals surface area contributed by atoms with Crippen LogP contribution >= 0.6 is 11.7 Å². The maximum absolute atomic E-state index is 12.3. The summed E-state index contributed by atoms with van der Waals surface area (Å²) in [7, 11) is 0. The summed E-state index contributed by atoms with van der Waals surface area (Å²) in [4.78, 5) is 12.3. The first kappa shape index (κ1) is 13.7. The van der Waals surface area contributed by atoms with Crippen molar-refractivity contribution >= 4 is 28.7 Å². The van der Waals surface area contributed by atoms with Crippen LogP contribution in [0.3, 0.4) is 0 Å². The van der Waals surface area contributed by atoms with Gasteiger partial charge in [0.2, 0.25) is 5.91 Å². The Morgan fingerprint density at radius 3 is 3.00 bits per heavy atom. The summed E-state index contributed by atoms with van der Waals surface area (Å²) < 4.78 is 10.0. The first-order valence-corrected chi connectivity index (χ1v) is 7.49. The second-order valence-corrected chi connectivity index (χ2v) is 5.24. The summed E-state index contributed by atoms with van der Waals surface area (Å²) in [6.07, 6.45) is 4.18. The van der Waals surface area contributed by atoms with E-state index >= 15 is 0 Å². The van der Waals surface area contributed by atoms with Crippen LogP contribution in [0.25, 0.3) is 11.0 Å². The second kappa shape index (κ2) is 6.01. The van der Waals surface area contributed by atoms with E-state index in [1.165, 1.54) is 11.7 Å². The number of aromatic nitrogens is 4. The van der Waals surface area contributed by atoms with Crippen LogP contribution in [0.2, 0.25) is 0 Å². The highest BCUT2D eigenvalue weighted by atomic mass is 32.1. The number of carbonyl (C=O) groups is 1. The van der Waals surface area contributed by atoms with Gasteiger partial charge in [-0.3, -0.25) is 9.48 Å². The average Bonchev–Trinajstić information content (AvgIpc) is 3.16. The van der Waals surface area contributed by atoms with Crippen molar-refractivity contribution in [3.8, 4) is 0 Å². The molecule has 0 saturated heterocycles. The quantitative estimate of drug-likeness (QED) is 0.783. The van der Waals surface area contributed by atoms with Crippen molar-refractivity contribution in [3.05, 3.63) is 42.2 Å². The van der Waals surface area contributed by atoms with Crippen LogP contribution in [0.1, 0.15) is 24.9 Å². The number of hydrogen-bond acceptors (Lipinski definition) is 5. The normalized spacial score (nSPS) is 12.4. The van der Waals surface area contributed by atoms with E-state index in [0.29, 0.717) is 13.0 Å². The van der Waals surface area contributed by atoms with Gasteiger partial charge in [-0.25, -0.2) is 0 Å². The molecule has 1 aromatic carbocycles. The lowest BCUT2D eigenvalue weighted by Crippen LogP contribution is -2.32. The van der Waals surface area contributed by atoms with Crippen molar-refractivity contribution < 1.29 is 4.79 Å². The van der Waals surface area contributed by atoms with Crippen LogP contribution in [-0.4, -0.2) is 24.4 Å². The Bertz CT molecular complexity index is 737. The lowest BCUT2D eigenvalue weighted by atomic mass is 10.1. The van der Waals surface area contributed by atoms with Crippen molar-refractivity contribution in [2.45, 2.75) is 25.9 Å². The van der Waals surface area contributed by atoms with Crippen molar-refractivity contribution in [3.63, 3.8) is 0 Å². The number of nitrogens with one attached hydrogen (secondary N) is 1. The first-order valence-electron chi connectivity index (χ1n) is 6.76. The molecule has 1 atom stereocenters. The minimum atomic E-state index is -0.273. The summed E-state index contributed by atoms with van der Waals surface area (Å²) in [5.41, 5.74) is 2.77. The summed E-state index contributed by atoms with van der Waals surface area (Å²) in [6, 6.07) is 7.38.